The Bertz CT molecular complexity index is 562. The minimum absolute atomic E-state index is 0.0704. The number of nitrogens with zero attached hydrogens (tertiary/aromatic N) is 1. The van der Waals surface area contributed by atoms with E-state index in [1.165, 1.54) is 12.3 Å². The molecule has 0 radical (unpaired) electrons. The Morgan fingerprint density at radius 1 is 1.48 bits per heavy atom. The number of hydrogen-bond acceptors (Lipinski definition) is 5. The molecule has 6 nitrogen and oxygen atoms in total. The second-order valence-electron chi connectivity index (χ2n) is 5.33. The molecule has 2 atom stereocenters. The standard InChI is InChI=1S/C14H23N3O3S/c1-3-6-15-14-10-13(4-7-16-14)21(18,19)17-12-5-8-20-11(2)9-12/h4,7,10-12,17H,3,5-6,8-9H2,1-2H3,(H,15,16). The number of sulfonamides is 1. The zero-order valence-electron chi connectivity index (χ0n) is 12.5. The second kappa shape index (κ2) is 7.20. The summed E-state index contributed by atoms with van der Waals surface area (Å²) in [6.45, 7) is 5.36. The minimum atomic E-state index is -3.52. The zero-order chi connectivity index (χ0) is 15.3. The van der Waals surface area contributed by atoms with E-state index in [-0.39, 0.29) is 17.0 Å². The number of hydrogen-bond donors (Lipinski definition) is 2. The van der Waals surface area contributed by atoms with Crippen molar-refractivity contribution in [1.82, 2.24) is 9.71 Å². The molecule has 2 heterocycles. The lowest BCUT2D eigenvalue weighted by Gasteiger charge is -2.27. The maximum atomic E-state index is 12.4. The van der Waals surface area contributed by atoms with Gasteiger partial charge in [0.25, 0.3) is 0 Å². The lowest BCUT2D eigenvalue weighted by atomic mass is 10.1. The summed E-state index contributed by atoms with van der Waals surface area (Å²) in [4.78, 5) is 4.37. The van der Waals surface area contributed by atoms with E-state index in [9.17, 15) is 8.42 Å². The quantitative estimate of drug-likeness (QED) is 0.836. The molecule has 0 amide bonds. The maximum absolute atomic E-state index is 12.4. The molecule has 118 valence electrons. The van der Waals surface area contributed by atoms with Crippen molar-refractivity contribution in [2.45, 2.75) is 50.2 Å². The van der Waals surface area contributed by atoms with Gasteiger partial charge in [-0.1, -0.05) is 6.92 Å². The van der Waals surface area contributed by atoms with E-state index in [0.717, 1.165) is 13.0 Å². The van der Waals surface area contributed by atoms with Gasteiger partial charge in [0.2, 0.25) is 10.0 Å². The molecule has 1 aromatic rings. The second-order valence-corrected chi connectivity index (χ2v) is 7.04. The summed E-state index contributed by atoms with van der Waals surface area (Å²) in [6, 6.07) is 3.02. The molecule has 2 N–H and O–H groups in total. The lowest BCUT2D eigenvalue weighted by Crippen LogP contribution is -2.41. The van der Waals surface area contributed by atoms with E-state index in [4.69, 9.17) is 4.74 Å². The van der Waals surface area contributed by atoms with Crippen LogP contribution in [0.3, 0.4) is 0 Å². The van der Waals surface area contributed by atoms with Gasteiger partial charge in [0.1, 0.15) is 5.82 Å². The van der Waals surface area contributed by atoms with Gasteiger partial charge in [-0.3, -0.25) is 0 Å². The molecule has 0 bridgehead atoms. The van der Waals surface area contributed by atoms with Crippen molar-refractivity contribution >= 4 is 15.8 Å². The van der Waals surface area contributed by atoms with Gasteiger partial charge in [-0.05, 0) is 32.3 Å². The summed E-state index contributed by atoms with van der Waals surface area (Å²) < 4.78 is 33.0. The molecule has 0 aromatic carbocycles. The highest BCUT2D eigenvalue weighted by molar-refractivity contribution is 7.89. The van der Waals surface area contributed by atoms with Crippen molar-refractivity contribution in [3.8, 4) is 0 Å². The molecule has 1 fully saturated rings. The smallest absolute Gasteiger partial charge is 0.241 e. The number of rotatable bonds is 6. The number of nitrogens with one attached hydrogen (secondary N) is 2. The van der Waals surface area contributed by atoms with Gasteiger partial charge in [-0.25, -0.2) is 18.1 Å². The molecule has 1 saturated heterocycles. The number of aromatic nitrogens is 1. The van der Waals surface area contributed by atoms with Gasteiger partial charge in [0.05, 0.1) is 11.0 Å². The molecular formula is C14H23N3O3S. The topological polar surface area (TPSA) is 80.3 Å². The third-order valence-corrected chi connectivity index (χ3v) is 4.92. The van der Waals surface area contributed by atoms with Crippen LogP contribution in [0.25, 0.3) is 0 Å². The Balaban J connectivity index is 2.08. The summed E-state index contributed by atoms with van der Waals surface area (Å²) in [5, 5.41) is 3.09. The van der Waals surface area contributed by atoms with Gasteiger partial charge < -0.3 is 10.1 Å². The van der Waals surface area contributed by atoms with Gasteiger partial charge in [-0.2, -0.15) is 0 Å². The van der Waals surface area contributed by atoms with Crippen molar-refractivity contribution in [2.75, 3.05) is 18.5 Å². The highest BCUT2D eigenvalue weighted by Crippen LogP contribution is 2.18. The van der Waals surface area contributed by atoms with Crippen LogP contribution >= 0.6 is 0 Å². The van der Waals surface area contributed by atoms with Crippen LogP contribution in [0.4, 0.5) is 5.82 Å². The Labute approximate surface area is 126 Å². The average Bonchev–Trinajstić information content (AvgIpc) is 2.45. The van der Waals surface area contributed by atoms with Crippen molar-refractivity contribution in [2.24, 2.45) is 0 Å². The van der Waals surface area contributed by atoms with E-state index in [0.29, 0.717) is 25.3 Å². The number of pyridine rings is 1. The van der Waals surface area contributed by atoms with E-state index >= 15 is 0 Å². The Morgan fingerprint density at radius 3 is 3.00 bits per heavy atom. The summed E-state index contributed by atoms with van der Waals surface area (Å²) in [7, 11) is -3.52. The summed E-state index contributed by atoms with van der Waals surface area (Å²) in [6.07, 6.45) is 3.96. The first-order valence-corrected chi connectivity index (χ1v) is 8.83. The van der Waals surface area contributed by atoms with Gasteiger partial charge in [0, 0.05) is 31.5 Å². The first-order valence-electron chi connectivity index (χ1n) is 7.35. The van der Waals surface area contributed by atoms with E-state index in [2.05, 4.69) is 15.0 Å². The van der Waals surface area contributed by atoms with Gasteiger partial charge in [0.15, 0.2) is 0 Å². The van der Waals surface area contributed by atoms with E-state index in [1.807, 2.05) is 13.8 Å². The minimum Gasteiger partial charge on any atom is -0.378 e. The fourth-order valence-corrected chi connectivity index (χ4v) is 3.62. The highest BCUT2D eigenvalue weighted by atomic mass is 32.2. The molecule has 1 aliphatic heterocycles. The van der Waals surface area contributed by atoms with Crippen LogP contribution < -0.4 is 10.0 Å². The average molecular weight is 313 g/mol. The zero-order valence-corrected chi connectivity index (χ0v) is 13.3. The summed E-state index contributed by atoms with van der Waals surface area (Å²) in [5.41, 5.74) is 0. The fourth-order valence-electron chi connectivity index (χ4n) is 2.32. The van der Waals surface area contributed by atoms with Crippen molar-refractivity contribution in [3.05, 3.63) is 18.3 Å². The Morgan fingerprint density at radius 2 is 2.29 bits per heavy atom. The normalized spacial score (nSPS) is 23.0. The molecule has 2 unspecified atom stereocenters. The molecular weight excluding hydrogens is 290 g/mol. The predicted molar refractivity (Wildman–Crippen MR) is 81.8 cm³/mol. The van der Waals surface area contributed by atoms with Crippen LogP contribution in [-0.2, 0) is 14.8 Å². The highest BCUT2D eigenvalue weighted by Gasteiger charge is 2.25. The monoisotopic (exact) mass is 313 g/mol. The number of anilines is 1. The van der Waals surface area contributed by atoms with Gasteiger partial charge >= 0.3 is 0 Å². The first-order chi connectivity index (χ1) is 10.0. The van der Waals surface area contributed by atoms with E-state index in [1.54, 1.807) is 6.07 Å². The third kappa shape index (κ3) is 4.66. The molecule has 0 aliphatic carbocycles. The fraction of sp³-hybridized carbons (Fsp3) is 0.643. The number of ether oxygens (including phenoxy) is 1. The molecule has 0 spiro atoms. The van der Waals surface area contributed by atoms with Crippen molar-refractivity contribution < 1.29 is 13.2 Å². The molecule has 21 heavy (non-hydrogen) atoms. The van der Waals surface area contributed by atoms with Crippen molar-refractivity contribution in [1.29, 1.82) is 0 Å². The molecule has 2 rings (SSSR count). The molecule has 7 heteroatoms. The van der Waals surface area contributed by atoms with Crippen LogP contribution in [0.2, 0.25) is 0 Å². The van der Waals surface area contributed by atoms with Crippen molar-refractivity contribution in [3.63, 3.8) is 0 Å². The van der Waals surface area contributed by atoms with Crippen LogP contribution in [-0.4, -0.2) is 38.7 Å². The maximum Gasteiger partial charge on any atom is 0.241 e. The third-order valence-electron chi connectivity index (χ3n) is 3.40. The van der Waals surface area contributed by atoms with Crippen LogP contribution in [0, 0.1) is 0 Å². The largest absolute Gasteiger partial charge is 0.378 e. The molecule has 0 saturated carbocycles. The predicted octanol–water partition coefficient (Wildman–Crippen LogP) is 1.75. The van der Waals surface area contributed by atoms with Crippen LogP contribution in [0.1, 0.15) is 33.1 Å². The summed E-state index contributed by atoms with van der Waals surface area (Å²) >= 11 is 0. The Hall–Kier alpha value is -1.18. The summed E-state index contributed by atoms with van der Waals surface area (Å²) in [5.74, 6) is 0.583. The Kier molecular flexibility index (Phi) is 5.55. The van der Waals surface area contributed by atoms with Crippen LogP contribution in [0.15, 0.2) is 23.2 Å². The SMILES string of the molecule is CCCNc1cc(S(=O)(=O)NC2CCOC(C)C2)ccn1. The van der Waals surface area contributed by atoms with Gasteiger partial charge in [-0.15, -0.1) is 0 Å². The first kappa shape index (κ1) is 16.2. The van der Waals surface area contributed by atoms with E-state index < -0.39 is 10.0 Å². The lowest BCUT2D eigenvalue weighted by molar-refractivity contribution is 0.0173. The molecule has 1 aliphatic rings. The van der Waals surface area contributed by atoms with Crippen LogP contribution in [0.5, 0.6) is 0 Å². The molecule has 1 aromatic heterocycles.